The smallest absolute Gasteiger partial charge is 0.264 e. The van der Waals surface area contributed by atoms with E-state index in [1.807, 2.05) is 12.1 Å². The maximum absolute atomic E-state index is 12.8. The number of nitrogens with zero attached hydrogens (tertiary/aromatic N) is 3. The largest absolute Gasteiger partial charge is 0.282 e. The van der Waals surface area contributed by atoms with Gasteiger partial charge in [-0.15, -0.1) is 0 Å². The average Bonchev–Trinajstić information content (AvgIpc) is 3.06. The Balaban J connectivity index is 2.09. The molecular weight excluding hydrogens is 322 g/mol. The molecule has 0 aliphatic rings. The van der Waals surface area contributed by atoms with Crippen molar-refractivity contribution >= 4 is 10.0 Å². The van der Waals surface area contributed by atoms with Crippen molar-refractivity contribution in [2.75, 3.05) is 0 Å². The van der Waals surface area contributed by atoms with E-state index in [1.165, 1.54) is 0 Å². The van der Waals surface area contributed by atoms with E-state index in [-0.39, 0.29) is 4.90 Å². The van der Waals surface area contributed by atoms with Crippen LogP contribution in [0.15, 0.2) is 66.0 Å². The van der Waals surface area contributed by atoms with Gasteiger partial charge in [-0.3, -0.25) is 4.98 Å². The summed E-state index contributed by atoms with van der Waals surface area (Å²) in [4.78, 5) is 4.34. The summed E-state index contributed by atoms with van der Waals surface area (Å²) in [5.74, 6) is 0. The van der Waals surface area contributed by atoms with Gasteiger partial charge in [0.05, 0.1) is 10.6 Å². The number of pyridine rings is 1. The molecule has 2 heterocycles. The lowest BCUT2D eigenvalue weighted by Crippen LogP contribution is -2.13. The molecule has 0 atom stereocenters. The molecule has 3 aromatic rings. The molecule has 24 heavy (non-hydrogen) atoms. The van der Waals surface area contributed by atoms with Crippen LogP contribution in [-0.2, 0) is 16.4 Å². The summed E-state index contributed by atoms with van der Waals surface area (Å²) < 4.78 is 26.7. The highest BCUT2D eigenvalue weighted by Crippen LogP contribution is 2.25. The molecule has 6 heteroatoms. The molecule has 0 amide bonds. The zero-order valence-electron chi connectivity index (χ0n) is 13.5. The fourth-order valence-electron chi connectivity index (χ4n) is 2.51. The third-order valence-electron chi connectivity index (χ3n) is 3.79. The molecule has 2 aromatic heterocycles. The lowest BCUT2D eigenvalue weighted by molar-refractivity contribution is 0.580. The van der Waals surface area contributed by atoms with Crippen molar-refractivity contribution in [1.29, 1.82) is 0 Å². The van der Waals surface area contributed by atoms with Crippen molar-refractivity contribution in [3.63, 3.8) is 0 Å². The van der Waals surface area contributed by atoms with Crippen molar-refractivity contribution in [2.24, 2.45) is 0 Å². The molecule has 0 aliphatic heterocycles. The summed E-state index contributed by atoms with van der Waals surface area (Å²) in [6.07, 6.45) is 7.81. The second kappa shape index (κ2) is 6.97. The third kappa shape index (κ3) is 3.23. The van der Waals surface area contributed by atoms with Gasteiger partial charge in [0, 0.05) is 24.2 Å². The van der Waals surface area contributed by atoms with Gasteiger partial charge in [-0.2, -0.15) is 17.6 Å². The van der Waals surface area contributed by atoms with Crippen molar-refractivity contribution in [2.45, 2.75) is 31.1 Å². The Morgan fingerprint density at radius 1 is 1.08 bits per heavy atom. The molecule has 0 bridgehead atoms. The minimum Gasteiger partial charge on any atom is -0.264 e. The zero-order chi connectivity index (χ0) is 17.0. The minimum absolute atomic E-state index is 0.229. The van der Waals surface area contributed by atoms with Crippen LogP contribution in [0.5, 0.6) is 0 Å². The number of benzene rings is 1. The van der Waals surface area contributed by atoms with Gasteiger partial charge in [-0.25, -0.2) is 0 Å². The molecule has 0 spiro atoms. The first-order valence-corrected chi connectivity index (χ1v) is 9.36. The molecule has 0 unspecified atom stereocenters. The Kier molecular flexibility index (Phi) is 4.76. The molecule has 124 valence electrons. The molecular formula is C18H19N3O2S. The monoisotopic (exact) mass is 341 g/mol. The number of unbranched alkanes of at least 4 members (excludes halogenated alkanes) is 1. The van der Waals surface area contributed by atoms with E-state index in [9.17, 15) is 8.42 Å². The van der Waals surface area contributed by atoms with E-state index >= 15 is 0 Å². The van der Waals surface area contributed by atoms with E-state index in [0.717, 1.165) is 34.5 Å². The standard InChI is InChI=1S/C18H19N3O2S/c1-2-3-8-16-14-21(20-18(16)15-9-7-12-19-13-15)24(22,23)17-10-5-4-6-11-17/h4-7,9-14H,2-3,8H2,1H3. The van der Waals surface area contributed by atoms with Gasteiger partial charge in [0.1, 0.15) is 0 Å². The predicted octanol–water partition coefficient (Wildman–Crippen LogP) is 3.52. The zero-order valence-corrected chi connectivity index (χ0v) is 14.3. The van der Waals surface area contributed by atoms with Crippen molar-refractivity contribution < 1.29 is 8.42 Å². The second-order valence-electron chi connectivity index (χ2n) is 5.54. The molecule has 1 aromatic carbocycles. The summed E-state index contributed by atoms with van der Waals surface area (Å²) in [6, 6.07) is 12.1. The van der Waals surface area contributed by atoms with Crippen LogP contribution in [0.1, 0.15) is 25.3 Å². The Morgan fingerprint density at radius 2 is 1.88 bits per heavy atom. The van der Waals surface area contributed by atoms with Gasteiger partial charge in [0.15, 0.2) is 0 Å². The van der Waals surface area contributed by atoms with Gasteiger partial charge in [-0.1, -0.05) is 31.5 Å². The molecule has 0 fully saturated rings. The van der Waals surface area contributed by atoms with Crippen LogP contribution in [0.2, 0.25) is 0 Å². The molecule has 0 radical (unpaired) electrons. The van der Waals surface area contributed by atoms with Crippen LogP contribution in [0.3, 0.4) is 0 Å². The van der Waals surface area contributed by atoms with E-state index < -0.39 is 10.0 Å². The van der Waals surface area contributed by atoms with E-state index in [0.29, 0.717) is 5.69 Å². The predicted molar refractivity (Wildman–Crippen MR) is 93.1 cm³/mol. The Morgan fingerprint density at radius 3 is 2.54 bits per heavy atom. The second-order valence-corrected chi connectivity index (χ2v) is 7.33. The quantitative estimate of drug-likeness (QED) is 0.688. The van der Waals surface area contributed by atoms with Crippen molar-refractivity contribution in [3.05, 3.63) is 66.6 Å². The summed E-state index contributed by atoms with van der Waals surface area (Å²) in [7, 11) is -3.69. The lowest BCUT2D eigenvalue weighted by Gasteiger charge is -2.03. The number of aryl methyl sites for hydroxylation is 1. The normalized spacial score (nSPS) is 11.5. The Labute approximate surface area is 142 Å². The van der Waals surface area contributed by atoms with Gasteiger partial charge in [-0.05, 0) is 42.7 Å². The first kappa shape index (κ1) is 16.4. The van der Waals surface area contributed by atoms with Crippen LogP contribution in [0, 0.1) is 0 Å². The summed E-state index contributed by atoms with van der Waals surface area (Å²) >= 11 is 0. The van der Waals surface area contributed by atoms with Crippen LogP contribution >= 0.6 is 0 Å². The molecule has 5 nitrogen and oxygen atoms in total. The molecule has 0 N–H and O–H groups in total. The fourth-order valence-corrected chi connectivity index (χ4v) is 3.68. The number of hydrogen-bond acceptors (Lipinski definition) is 4. The average molecular weight is 341 g/mol. The molecule has 3 rings (SSSR count). The Hall–Kier alpha value is -2.47. The number of aromatic nitrogens is 3. The van der Waals surface area contributed by atoms with Gasteiger partial charge < -0.3 is 0 Å². The topological polar surface area (TPSA) is 64.8 Å². The number of hydrogen-bond donors (Lipinski definition) is 0. The molecule has 0 saturated carbocycles. The van der Waals surface area contributed by atoms with Crippen molar-refractivity contribution in [1.82, 2.24) is 14.2 Å². The third-order valence-corrected chi connectivity index (χ3v) is 5.34. The van der Waals surface area contributed by atoms with Crippen molar-refractivity contribution in [3.8, 4) is 11.3 Å². The van der Waals surface area contributed by atoms with Crippen LogP contribution in [-0.4, -0.2) is 22.6 Å². The maximum Gasteiger partial charge on any atom is 0.282 e. The fraction of sp³-hybridized carbons (Fsp3) is 0.222. The Bertz CT molecular complexity index is 904. The van der Waals surface area contributed by atoms with Crippen LogP contribution in [0.25, 0.3) is 11.3 Å². The highest BCUT2D eigenvalue weighted by atomic mass is 32.2. The number of rotatable bonds is 6. The van der Waals surface area contributed by atoms with E-state index in [4.69, 9.17) is 0 Å². The van der Waals surface area contributed by atoms with E-state index in [1.54, 1.807) is 48.9 Å². The SMILES string of the molecule is CCCCc1cn(S(=O)(=O)c2ccccc2)nc1-c1cccnc1. The summed E-state index contributed by atoms with van der Waals surface area (Å²) in [6.45, 7) is 2.11. The molecule has 0 saturated heterocycles. The highest BCUT2D eigenvalue weighted by Gasteiger charge is 2.21. The first-order valence-electron chi connectivity index (χ1n) is 7.92. The lowest BCUT2D eigenvalue weighted by atomic mass is 10.1. The maximum atomic E-state index is 12.8. The minimum atomic E-state index is -3.69. The van der Waals surface area contributed by atoms with E-state index in [2.05, 4.69) is 17.0 Å². The van der Waals surface area contributed by atoms with Gasteiger partial charge >= 0.3 is 0 Å². The first-order chi connectivity index (χ1) is 11.6. The van der Waals surface area contributed by atoms with Crippen LogP contribution in [0.4, 0.5) is 0 Å². The van der Waals surface area contributed by atoms with Gasteiger partial charge in [0.2, 0.25) is 0 Å². The van der Waals surface area contributed by atoms with Crippen LogP contribution < -0.4 is 0 Å². The molecule has 0 aliphatic carbocycles. The summed E-state index contributed by atoms with van der Waals surface area (Å²) in [5.41, 5.74) is 2.42. The summed E-state index contributed by atoms with van der Waals surface area (Å²) in [5, 5.41) is 4.37. The van der Waals surface area contributed by atoms with Gasteiger partial charge in [0.25, 0.3) is 10.0 Å². The highest BCUT2D eigenvalue weighted by molar-refractivity contribution is 7.89.